The molecule has 0 aliphatic heterocycles. The van der Waals surface area contributed by atoms with Crippen molar-refractivity contribution in [3.05, 3.63) is 194 Å². The second-order valence-corrected chi connectivity index (χ2v) is 13.6. The summed E-state index contributed by atoms with van der Waals surface area (Å²) in [7, 11) is 0. The van der Waals surface area contributed by atoms with Crippen LogP contribution in [0.4, 0.5) is 0 Å². The van der Waals surface area contributed by atoms with Gasteiger partial charge in [-0.3, -0.25) is 9.97 Å². The number of hydrogen-bond acceptors (Lipinski definition) is 2. The molecule has 0 atom stereocenters. The molecule has 0 unspecified atom stereocenters. The lowest BCUT2D eigenvalue weighted by atomic mass is 9.96. The first kappa shape index (κ1) is 28.9. The summed E-state index contributed by atoms with van der Waals surface area (Å²) in [5.74, 6) is 0. The third-order valence-corrected chi connectivity index (χ3v) is 10.8. The predicted octanol–water partition coefficient (Wildman–Crippen LogP) is 11.1. The fraction of sp³-hybridized carbons (Fsp3) is 0.0208. The number of hydrogen-bond donors (Lipinski definition) is 0. The summed E-state index contributed by atoms with van der Waals surface area (Å²) in [5, 5.41) is 4.69. The highest BCUT2D eigenvalue weighted by molar-refractivity contribution is 6.12. The van der Waals surface area contributed by atoms with Crippen molar-refractivity contribution in [2.75, 3.05) is 0 Å². The van der Waals surface area contributed by atoms with Crippen molar-refractivity contribution in [3.8, 4) is 39.1 Å². The normalized spacial score (nSPS) is 12.5. The predicted molar refractivity (Wildman–Crippen MR) is 212 cm³/mol. The Morgan fingerprint density at radius 3 is 1.65 bits per heavy atom. The van der Waals surface area contributed by atoms with Crippen LogP contribution in [0.15, 0.2) is 183 Å². The van der Waals surface area contributed by atoms with E-state index in [0.29, 0.717) is 0 Å². The van der Waals surface area contributed by atoms with E-state index in [0.717, 1.165) is 49.7 Å². The number of aromatic nitrogens is 4. The lowest BCUT2D eigenvalue weighted by Gasteiger charge is -2.13. The van der Waals surface area contributed by atoms with Gasteiger partial charge in [-0.25, -0.2) is 0 Å². The number of pyridine rings is 3. The second kappa shape index (κ2) is 11.3. The van der Waals surface area contributed by atoms with E-state index in [2.05, 4.69) is 179 Å². The van der Waals surface area contributed by atoms with E-state index in [1.807, 2.05) is 12.4 Å². The molecule has 1 aliphatic carbocycles. The fourth-order valence-corrected chi connectivity index (χ4v) is 8.61. The van der Waals surface area contributed by atoms with Gasteiger partial charge in [0.25, 0.3) is 0 Å². The summed E-state index contributed by atoms with van der Waals surface area (Å²) in [6.45, 7) is 0. The van der Waals surface area contributed by atoms with Crippen LogP contribution in [-0.2, 0) is 0 Å². The number of nitrogens with zero attached hydrogens (tertiary/aromatic N) is 4. The number of para-hydroxylation sites is 2. The molecule has 242 valence electrons. The molecule has 0 saturated heterocycles. The van der Waals surface area contributed by atoms with Crippen molar-refractivity contribution in [2.45, 2.75) is 6.04 Å². The first-order valence-corrected chi connectivity index (χ1v) is 17.8. The Bertz CT molecular complexity index is 2950. The smallest absolute Gasteiger partial charge is 0.210 e. The molecular weight excluding hydrogens is 633 g/mol. The zero-order chi connectivity index (χ0) is 34.2. The highest BCUT2D eigenvalue weighted by atomic mass is 15.0. The molecule has 0 saturated carbocycles. The van der Waals surface area contributed by atoms with Crippen molar-refractivity contribution in [1.29, 1.82) is 0 Å². The Labute approximate surface area is 300 Å². The standard InChI is InChI=1S/C48H31N4/c1-3-18-42-36(14-1)37-15-2-4-19-43(37)48(42)51-28-10-12-32(30-51)35-25-27-50-47-41(35)23-22-40-34(24-26-49-46(40)47)31-11-9-13-33(29-31)52-44-20-7-5-16-38(44)39-17-6-8-21-45(39)52/h1-30,48H/q+1. The lowest BCUT2D eigenvalue weighted by Crippen LogP contribution is -2.39. The molecule has 0 bridgehead atoms. The average molecular weight is 664 g/mol. The minimum atomic E-state index is 0.115. The molecule has 4 heteroatoms. The van der Waals surface area contributed by atoms with Crippen LogP contribution < -0.4 is 4.57 Å². The topological polar surface area (TPSA) is 34.6 Å². The Balaban J connectivity index is 1.03. The van der Waals surface area contributed by atoms with Gasteiger partial charge in [0.2, 0.25) is 6.04 Å². The van der Waals surface area contributed by atoms with Gasteiger partial charge in [0, 0.05) is 62.4 Å². The molecule has 4 aromatic heterocycles. The highest BCUT2D eigenvalue weighted by Gasteiger charge is 2.35. The average Bonchev–Trinajstić information content (AvgIpc) is 3.74. The van der Waals surface area contributed by atoms with Gasteiger partial charge in [-0.05, 0) is 70.3 Å². The third-order valence-electron chi connectivity index (χ3n) is 10.8. The van der Waals surface area contributed by atoms with E-state index >= 15 is 0 Å². The SMILES string of the molecule is c1cc(-c2ccnc3c2ccc2c(-c4ccc[n+](C5c6ccccc6-c6ccccc65)c4)ccnc23)cc(-n2c3ccccc3c3ccccc32)c1. The Morgan fingerprint density at radius 2 is 1.00 bits per heavy atom. The molecule has 10 aromatic rings. The van der Waals surface area contributed by atoms with Crippen molar-refractivity contribution in [2.24, 2.45) is 0 Å². The van der Waals surface area contributed by atoms with E-state index in [9.17, 15) is 0 Å². The Morgan fingerprint density at radius 1 is 0.442 bits per heavy atom. The van der Waals surface area contributed by atoms with E-state index in [1.165, 1.54) is 44.1 Å². The molecular formula is C48H31N4+. The monoisotopic (exact) mass is 663 g/mol. The van der Waals surface area contributed by atoms with Crippen LogP contribution in [0, 0.1) is 0 Å². The van der Waals surface area contributed by atoms with E-state index < -0.39 is 0 Å². The molecule has 4 nitrogen and oxygen atoms in total. The van der Waals surface area contributed by atoms with Crippen LogP contribution in [-0.4, -0.2) is 14.5 Å². The lowest BCUT2D eigenvalue weighted by molar-refractivity contribution is -0.703. The maximum Gasteiger partial charge on any atom is 0.210 e. The Kier molecular flexibility index (Phi) is 6.28. The first-order chi connectivity index (χ1) is 25.8. The molecule has 1 aliphatic rings. The van der Waals surface area contributed by atoms with Gasteiger partial charge < -0.3 is 4.57 Å². The first-order valence-electron chi connectivity index (χ1n) is 17.8. The zero-order valence-corrected chi connectivity index (χ0v) is 28.2. The molecule has 0 N–H and O–H groups in total. The van der Waals surface area contributed by atoms with E-state index in [1.54, 1.807) is 0 Å². The maximum absolute atomic E-state index is 4.94. The Hall–Kier alpha value is -6.91. The van der Waals surface area contributed by atoms with Gasteiger partial charge in [0.15, 0.2) is 12.4 Å². The summed E-state index contributed by atoms with van der Waals surface area (Å²) in [6, 6.07) is 56.9. The van der Waals surface area contributed by atoms with Crippen LogP contribution >= 0.6 is 0 Å². The third kappa shape index (κ3) is 4.25. The van der Waals surface area contributed by atoms with Crippen molar-refractivity contribution in [1.82, 2.24) is 14.5 Å². The fourth-order valence-electron chi connectivity index (χ4n) is 8.61. The highest BCUT2D eigenvalue weighted by Crippen LogP contribution is 2.43. The molecule has 6 aromatic carbocycles. The van der Waals surface area contributed by atoms with Gasteiger partial charge in [-0.15, -0.1) is 0 Å². The summed E-state index contributed by atoms with van der Waals surface area (Å²) in [4.78, 5) is 9.88. The van der Waals surface area contributed by atoms with Gasteiger partial charge in [0.05, 0.1) is 22.1 Å². The minimum Gasteiger partial charge on any atom is -0.309 e. The van der Waals surface area contributed by atoms with Gasteiger partial charge in [0.1, 0.15) is 0 Å². The number of benzene rings is 6. The van der Waals surface area contributed by atoms with Crippen molar-refractivity contribution < 1.29 is 4.57 Å². The molecule has 0 spiro atoms. The maximum atomic E-state index is 4.94. The quantitative estimate of drug-likeness (QED) is 0.139. The molecule has 52 heavy (non-hydrogen) atoms. The molecule has 0 amide bonds. The molecule has 0 fully saturated rings. The summed E-state index contributed by atoms with van der Waals surface area (Å²) < 4.78 is 4.73. The molecule has 4 heterocycles. The van der Waals surface area contributed by atoms with E-state index in [4.69, 9.17) is 9.97 Å². The van der Waals surface area contributed by atoms with Crippen molar-refractivity contribution in [3.63, 3.8) is 0 Å². The van der Waals surface area contributed by atoms with Crippen LogP contribution in [0.3, 0.4) is 0 Å². The summed E-state index contributed by atoms with van der Waals surface area (Å²) in [5.41, 5.74) is 15.2. The van der Waals surface area contributed by atoms with Crippen LogP contribution in [0.1, 0.15) is 17.2 Å². The number of rotatable bonds is 4. The van der Waals surface area contributed by atoms with Gasteiger partial charge >= 0.3 is 0 Å². The number of fused-ring (bicyclic) bond motifs is 9. The molecule has 11 rings (SSSR count). The summed E-state index contributed by atoms with van der Waals surface area (Å²) in [6.07, 6.45) is 8.32. The molecule has 0 radical (unpaired) electrons. The van der Waals surface area contributed by atoms with Crippen LogP contribution in [0.2, 0.25) is 0 Å². The largest absolute Gasteiger partial charge is 0.309 e. The van der Waals surface area contributed by atoms with Crippen LogP contribution in [0.25, 0.3) is 82.7 Å². The van der Waals surface area contributed by atoms with Crippen LogP contribution in [0.5, 0.6) is 0 Å². The zero-order valence-electron chi connectivity index (χ0n) is 28.2. The van der Waals surface area contributed by atoms with Gasteiger partial charge in [-0.1, -0.05) is 109 Å². The minimum absolute atomic E-state index is 0.115. The second-order valence-electron chi connectivity index (χ2n) is 13.6. The van der Waals surface area contributed by atoms with Gasteiger partial charge in [-0.2, -0.15) is 4.57 Å². The van der Waals surface area contributed by atoms with E-state index in [-0.39, 0.29) is 6.04 Å². The summed E-state index contributed by atoms with van der Waals surface area (Å²) >= 11 is 0. The van der Waals surface area contributed by atoms with Crippen molar-refractivity contribution >= 4 is 43.6 Å².